The van der Waals surface area contributed by atoms with Crippen molar-refractivity contribution in [2.45, 2.75) is 335 Å². The first kappa shape index (κ1) is 70.1. The molecule has 0 aliphatic heterocycles. The smallest absolute Gasteiger partial charge is 0.310 e. The Morgan fingerprint density at radius 1 is 0.288 bits per heavy atom. The summed E-state index contributed by atoms with van der Waals surface area (Å²) in [6, 6.07) is 0. The van der Waals surface area contributed by atoms with Crippen LogP contribution < -0.4 is 0 Å². The molecule has 0 fully saturated rings. The summed E-state index contributed by atoms with van der Waals surface area (Å²) >= 11 is 0. The highest BCUT2D eigenvalue weighted by molar-refractivity contribution is 5.72. The predicted octanol–water partition coefficient (Wildman–Crippen LogP) is 21.6. The Morgan fingerprint density at radius 3 is 0.781 bits per heavy atom. The number of rotatable bonds is 58. The largest absolute Gasteiger partial charge is 0.462 e. The zero-order valence-electron chi connectivity index (χ0n) is 48.7. The number of ether oxygens (including phenoxy) is 3. The van der Waals surface area contributed by atoms with Gasteiger partial charge in [0.25, 0.3) is 0 Å². The summed E-state index contributed by atoms with van der Waals surface area (Å²) in [4.78, 5) is 38.0. The van der Waals surface area contributed by atoms with Crippen molar-refractivity contribution in [1.29, 1.82) is 0 Å². The van der Waals surface area contributed by atoms with Gasteiger partial charge in [-0.05, 0) is 44.9 Å². The molecule has 0 aromatic rings. The molecule has 424 valence electrons. The number of hydrogen-bond donors (Lipinski definition) is 0. The molecule has 6 nitrogen and oxygen atoms in total. The Labute approximate surface area is 453 Å². The minimum atomic E-state index is -0.824. The summed E-state index contributed by atoms with van der Waals surface area (Å²) in [7, 11) is 0. The van der Waals surface area contributed by atoms with Crippen LogP contribution in [0.1, 0.15) is 329 Å². The molecule has 0 N–H and O–H groups in total. The number of unbranched alkanes of at least 4 members (excludes halogenated alkanes) is 38. The number of carbonyl (C=O) groups excluding carboxylic acids is 3. The fourth-order valence-electron chi connectivity index (χ4n) is 9.35. The second-order valence-corrected chi connectivity index (χ2v) is 21.3. The lowest BCUT2D eigenvalue weighted by Crippen LogP contribution is -2.30. The van der Waals surface area contributed by atoms with Crippen molar-refractivity contribution in [1.82, 2.24) is 0 Å². The molecule has 1 unspecified atom stereocenters. The molecule has 73 heavy (non-hydrogen) atoms. The quantitative estimate of drug-likeness (QED) is 0.0261. The van der Waals surface area contributed by atoms with Crippen LogP contribution in [0.5, 0.6) is 0 Å². The van der Waals surface area contributed by atoms with Crippen LogP contribution in [0.15, 0.2) is 60.8 Å². The zero-order chi connectivity index (χ0) is 52.9. The van der Waals surface area contributed by atoms with Gasteiger partial charge in [0.05, 0.1) is 6.42 Å². The van der Waals surface area contributed by atoms with Crippen LogP contribution >= 0.6 is 0 Å². The number of carbonyl (C=O) groups is 3. The molecule has 0 aromatic carbocycles. The molecular weight excluding hydrogens is 901 g/mol. The van der Waals surface area contributed by atoms with E-state index in [0.29, 0.717) is 12.8 Å². The molecule has 0 bridgehead atoms. The standard InChI is InChI=1S/C67H120O6/c1-4-7-10-13-16-19-21-23-25-26-27-28-29-30-31-32-33-34-35-36-37-38-39-40-42-43-45-48-51-54-57-60-66(69)72-63-64(62-71-65(68)59-56-53-50-47-18-15-12-9-6-3)73-67(70)61-58-55-52-49-46-44-41-24-22-20-17-14-11-8-5-2/h8,11,17,20,24,41,46,49,55,58,64H,4-7,9-10,12-16,18-19,21-23,25-40,42-45,47-48,50-54,56-57,59-63H2,1-3H3/b11-8-,20-17-,41-24-,49-46-,58-55-. The van der Waals surface area contributed by atoms with E-state index >= 15 is 0 Å². The van der Waals surface area contributed by atoms with Crippen molar-refractivity contribution in [3.63, 3.8) is 0 Å². The maximum absolute atomic E-state index is 12.8. The molecule has 0 aliphatic rings. The SMILES string of the molecule is CC/C=C\C/C=C\C/C=C\C/C=C\C/C=C\CC(=O)OC(COC(=O)CCCCCCCCCCC)COC(=O)CCCCCCCCCCCCCCCCCCCCCCCCCCCCCCCCC. The summed E-state index contributed by atoms with van der Waals surface area (Å²) < 4.78 is 16.7. The molecule has 0 spiro atoms. The van der Waals surface area contributed by atoms with E-state index < -0.39 is 12.1 Å². The first-order valence-electron chi connectivity index (χ1n) is 31.8. The number of hydrogen-bond acceptors (Lipinski definition) is 6. The van der Waals surface area contributed by atoms with Gasteiger partial charge in [-0.2, -0.15) is 0 Å². The van der Waals surface area contributed by atoms with Crippen molar-refractivity contribution in [3.8, 4) is 0 Å². The van der Waals surface area contributed by atoms with Gasteiger partial charge < -0.3 is 14.2 Å². The Hall–Kier alpha value is -2.89. The van der Waals surface area contributed by atoms with E-state index in [2.05, 4.69) is 69.4 Å². The fourth-order valence-corrected chi connectivity index (χ4v) is 9.35. The summed E-state index contributed by atoms with van der Waals surface area (Å²) in [6.45, 7) is 6.46. The Morgan fingerprint density at radius 2 is 0.521 bits per heavy atom. The minimum Gasteiger partial charge on any atom is -0.462 e. The van der Waals surface area contributed by atoms with Gasteiger partial charge in [0.15, 0.2) is 6.10 Å². The summed E-state index contributed by atoms with van der Waals surface area (Å²) in [5.41, 5.74) is 0. The first-order valence-corrected chi connectivity index (χ1v) is 31.8. The summed E-state index contributed by atoms with van der Waals surface area (Å²) in [5.74, 6) is -1.03. The van der Waals surface area contributed by atoms with Crippen LogP contribution in [-0.4, -0.2) is 37.2 Å². The van der Waals surface area contributed by atoms with Crippen LogP contribution in [0.25, 0.3) is 0 Å². The van der Waals surface area contributed by atoms with Crippen LogP contribution in [-0.2, 0) is 28.6 Å². The number of esters is 3. The van der Waals surface area contributed by atoms with Crippen molar-refractivity contribution < 1.29 is 28.6 Å². The van der Waals surface area contributed by atoms with Crippen LogP contribution in [0.4, 0.5) is 0 Å². The van der Waals surface area contributed by atoms with Gasteiger partial charge >= 0.3 is 17.9 Å². The van der Waals surface area contributed by atoms with Gasteiger partial charge in [0.1, 0.15) is 13.2 Å². The lowest BCUT2D eigenvalue weighted by molar-refractivity contribution is -0.166. The van der Waals surface area contributed by atoms with Crippen LogP contribution in [0.3, 0.4) is 0 Å². The van der Waals surface area contributed by atoms with Crippen molar-refractivity contribution >= 4 is 17.9 Å². The Balaban J connectivity index is 4.09. The fraction of sp³-hybridized carbons (Fsp3) is 0.806. The van der Waals surface area contributed by atoms with Gasteiger partial charge in [-0.25, -0.2) is 0 Å². The lowest BCUT2D eigenvalue weighted by atomic mass is 10.0. The monoisotopic (exact) mass is 1020 g/mol. The molecular formula is C67H120O6. The van der Waals surface area contributed by atoms with Crippen LogP contribution in [0, 0.1) is 0 Å². The van der Waals surface area contributed by atoms with Crippen molar-refractivity contribution in [3.05, 3.63) is 60.8 Å². The number of allylic oxidation sites excluding steroid dienone is 9. The van der Waals surface area contributed by atoms with E-state index in [1.54, 1.807) is 6.08 Å². The highest BCUT2D eigenvalue weighted by Gasteiger charge is 2.19. The molecule has 1 atom stereocenters. The van der Waals surface area contributed by atoms with Gasteiger partial charge in [-0.1, -0.05) is 326 Å². The Bertz CT molecular complexity index is 1310. The highest BCUT2D eigenvalue weighted by Crippen LogP contribution is 2.18. The normalized spacial score (nSPS) is 12.4. The maximum atomic E-state index is 12.8. The van der Waals surface area contributed by atoms with E-state index in [1.165, 1.54) is 218 Å². The summed E-state index contributed by atoms with van der Waals surface area (Å²) in [5, 5.41) is 0. The molecule has 6 heteroatoms. The molecule has 0 aliphatic carbocycles. The van der Waals surface area contributed by atoms with Gasteiger partial charge in [0, 0.05) is 12.8 Å². The molecule has 0 heterocycles. The predicted molar refractivity (Wildman–Crippen MR) is 316 cm³/mol. The van der Waals surface area contributed by atoms with Crippen LogP contribution in [0.2, 0.25) is 0 Å². The first-order chi connectivity index (χ1) is 36.0. The van der Waals surface area contributed by atoms with E-state index in [-0.39, 0.29) is 31.6 Å². The third-order valence-corrected chi connectivity index (χ3v) is 14.1. The van der Waals surface area contributed by atoms with E-state index in [4.69, 9.17) is 14.2 Å². The average Bonchev–Trinajstić information content (AvgIpc) is 3.39. The molecule has 0 aromatic heterocycles. The van der Waals surface area contributed by atoms with E-state index in [1.807, 2.05) is 6.08 Å². The third-order valence-electron chi connectivity index (χ3n) is 14.1. The maximum Gasteiger partial charge on any atom is 0.310 e. The molecule has 0 amide bonds. The topological polar surface area (TPSA) is 78.9 Å². The highest BCUT2D eigenvalue weighted by atomic mass is 16.6. The second kappa shape index (κ2) is 61.7. The molecule has 0 saturated heterocycles. The molecule has 0 saturated carbocycles. The van der Waals surface area contributed by atoms with Gasteiger partial charge in [-0.15, -0.1) is 0 Å². The van der Waals surface area contributed by atoms with E-state index in [0.717, 1.165) is 70.6 Å². The average molecular weight is 1020 g/mol. The van der Waals surface area contributed by atoms with Gasteiger partial charge in [0.2, 0.25) is 0 Å². The van der Waals surface area contributed by atoms with E-state index in [9.17, 15) is 14.4 Å². The third kappa shape index (κ3) is 59.9. The molecule has 0 rings (SSSR count). The minimum absolute atomic E-state index is 0.101. The zero-order valence-corrected chi connectivity index (χ0v) is 48.7. The van der Waals surface area contributed by atoms with Crippen molar-refractivity contribution in [2.75, 3.05) is 13.2 Å². The van der Waals surface area contributed by atoms with Gasteiger partial charge in [-0.3, -0.25) is 14.4 Å². The van der Waals surface area contributed by atoms with Crippen molar-refractivity contribution in [2.24, 2.45) is 0 Å². The lowest BCUT2D eigenvalue weighted by Gasteiger charge is -2.18. The second-order valence-electron chi connectivity index (χ2n) is 21.3. The molecule has 0 radical (unpaired) electrons. The Kier molecular flexibility index (Phi) is 59.2. The summed E-state index contributed by atoms with van der Waals surface area (Å²) in [6.07, 6.45) is 78.7.